The predicted octanol–water partition coefficient (Wildman–Crippen LogP) is 3.01. The van der Waals surface area contributed by atoms with Crippen LogP contribution in [0.2, 0.25) is 10.0 Å². The Morgan fingerprint density at radius 2 is 2.05 bits per heavy atom. The SMILES string of the molecule is CNc1nc(CCNS(=O)(=O)c2ccc(Cl)c(Cl)c2)cs1. The number of nitrogens with zero attached hydrogens (tertiary/aromatic N) is 1. The molecular weight excluding hydrogens is 353 g/mol. The zero-order chi connectivity index (χ0) is 15.5. The first kappa shape index (κ1) is 16.5. The Labute approximate surface area is 137 Å². The van der Waals surface area contributed by atoms with Crippen LogP contribution in [0.1, 0.15) is 5.69 Å². The third kappa shape index (κ3) is 4.31. The number of anilines is 1. The van der Waals surface area contributed by atoms with Crippen LogP contribution in [-0.2, 0) is 16.4 Å². The summed E-state index contributed by atoms with van der Waals surface area (Å²) in [7, 11) is -1.81. The number of sulfonamides is 1. The van der Waals surface area contributed by atoms with Crippen molar-refractivity contribution in [3.8, 4) is 0 Å². The minimum Gasteiger partial charge on any atom is -0.365 e. The molecule has 21 heavy (non-hydrogen) atoms. The monoisotopic (exact) mass is 365 g/mol. The lowest BCUT2D eigenvalue weighted by Gasteiger charge is -2.07. The normalized spacial score (nSPS) is 11.6. The first-order valence-electron chi connectivity index (χ1n) is 5.99. The molecule has 0 unspecified atom stereocenters. The molecule has 0 bridgehead atoms. The second-order valence-electron chi connectivity index (χ2n) is 4.12. The lowest BCUT2D eigenvalue weighted by Crippen LogP contribution is -2.26. The summed E-state index contributed by atoms with van der Waals surface area (Å²) in [5.74, 6) is 0. The maximum atomic E-state index is 12.1. The highest BCUT2D eigenvalue weighted by atomic mass is 35.5. The van der Waals surface area contributed by atoms with Gasteiger partial charge in [0.2, 0.25) is 10.0 Å². The predicted molar refractivity (Wildman–Crippen MR) is 87.0 cm³/mol. The van der Waals surface area contributed by atoms with Crippen LogP contribution in [0.3, 0.4) is 0 Å². The highest BCUT2D eigenvalue weighted by molar-refractivity contribution is 7.89. The van der Waals surface area contributed by atoms with Gasteiger partial charge in [-0.1, -0.05) is 23.2 Å². The summed E-state index contributed by atoms with van der Waals surface area (Å²) >= 11 is 13.1. The number of thiazole rings is 1. The average molecular weight is 366 g/mol. The van der Waals surface area contributed by atoms with Crippen LogP contribution in [0.4, 0.5) is 5.13 Å². The highest BCUT2D eigenvalue weighted by Crippen LogP contribution is 2.24. The minimum absolute atomic E-state index is 0.0890. The Morgan fingerprint density at radius 1 is 1.29 bits per heavy atom. The van der Waals surface area contributed by atoms with Gasteiger partial charge in [0.05, 0.1) is 20.6 Å². The molecular formula is C12H13Cl2N3O2S2. The van der Waals surface area contributed by atoms with Gasteiger partial charge in [0.25, 0.3) is 0 Å². The molecule has 2 aromatic rings. The van der Waals surface area contributed by atoms with Crippen LogP contribution in [0.25, 0.3) is 0 Å². The van der Waals surface area contributed by atoms with Crippen molar-refractivity contribution in [2.45, 2.75) is 11.3 Å². The number of hydrogen-bond donors (Lipinski definition) is 2. The molecule has 0 spiro atoms. The van der Waals surface area contributed by atoms with Crippen LogP contribution in [0.15, 0.2) is 28.5 Å². The van der Waals surface area contributed by atoms with Crippen molar-refractivity contribution in [1.82, 2.24) is 9.71 Å². The van der Waals surface area contributed by atoms with E-state index < -0.39 is 10.0 Å². The van der Waals surface area contributed by atoms with Gasteiger partial charge in [-0.15, -0.1) is 11.3 Å². The van der Waals surface area contributed by atoms with Crippen LogP contribution in [0.5, 0.6) is 0 Å². The molecule has 9 heteroatoms. The van der Waals surface area contributed by atoms with E-state index in [1.54, 1.807) is 7.05 Å². The van der Waals surface area contributed by atoms with Gasteiger partial charge < -0.3 is 5.32 Å². The van der Waals surface area contributed by atoms with E-state index in [0.29, 0.717) is 11.4 Å². The van der Waals surface area contributed by atoms with Gasteiger partial charge in [-0.05, 0) is 18.2 Å². The van der Waals surface area contributed by atoms with Crippen molar-refractivity contribution in [2.75, 3.05) is 18.9 Å². The molecule has 0 radical (unpaired) electrons. The van der Waals surface area contributed by atoms with Crippen LogP contribution in [-0.4, -0.2) is 27.0 Å². The minimum atomic E-state index is -3.60. The van der Waals surface area contributed by atoms with E-state index in [9.17, 15) is 8.42 Å². The van der Waals surface area contributed by atoms with Crippen molar-refractivity contribution in [3.05, 3.63) is 39.3 Å². The Kier molecular flexibility index (Phi) is 5.45. The number of halogens is 2. The molecule has 0 amide bonds. The summed E-state index contributed by atoms with van der Waals surface area (Å²) in [5.41, 5.74) is 0.834. The molecule has 0 aliphatic rings. The van der Waals surface area contributed by atoms with Gasteiger partial charge in [0, 0.05) is 25.4 Å². The zero-order valence-electron chi connectivity index (χ0n) is 11.1. The van der Waals surface area contributed by atoms with Crippen molar-refractivity contribution in [2.24, 2.45) is 0 Å². The first-order chi connectivity index (χ1) is 9.92. The Bertz CT molecular complexity index is 732. The quantitative estimate of drug-likeness (QED) is 0.825. The number of nitrogens with one attached hydrogen (secondary N) is 2. The molecule has 1 aromatic carbocycles. The van der Waals surface area contributed by atoms with Gasteiger partial charge in [0.15, 0.2) is 5.13 Å². The summed E-state index contributed by atoms with van der Waals surface area (Å²) < 4.78 is 26.7. The molecule has 114 valence electrons. The highest BCUT2D eigenvalue weighted by Gasteiger charge is 2.15. The summed E-state index contributed by atoms with van der Waals surface area (Å²) in [5, 5.41) is 6.15. The van der Waals surface area contributed by atoms with Crippen molar-refractivity contribution in [3.63, 3.8) is 0 Å². The fourth-order valence-electron chi connectivity index (χ4n) is 1.58. The van der Waals surface area contributed by atoms with E-state index in [1.165, 1.54) is 29.5 Å². The number of rotatable bonds is 6. The molecule has 2 N–H and O–H groups in total. The number of hydrogen-bond acceptors (Lipinski definition) is 5. The molecule has 2 rings (SSSR count). The fraction of sp³-hybridized carbons (Fsp3) is 0.250. The molecule has 0 aliphatic heterocycles. The third-order valence-corrected chi connectivity index (χ3v) is 5.75. The molecule has 0 saturated heterocycles. The molecule has 1 heterocycles. The smallest absolute Gasteiger partial charge is 0.240 e. The van der Waals surface area contributed by atoms with Gasteiger partial charge in [0.1, 0.15) is 0 Å². The molecule has 1 aromatic heterocycles. The first-order valence-corrected chi connectivity index (χ1v) is 9.11. The van der Waals surface area contributed by atoms with Gasteiger partial charge in [-0.3, -0.25) is 0 Å². The molecule has 5 nitrogen and oxygen atoms in total. The number of benzene rings is 1. The lowest BCUT2D eigenvalue weighted by atomic mass is 10.3. The largest absolute Gasteiger partial charge is 0.365 e. The average Bonchev–Trinajstić information content (AvgIpc) is 2.89. The van der Waals surface area contributed by atoms with Crippen LogP contribution >= 0.6 is 34.5 Å². The fourth-order valence-corrected chi connectivity index (χ4v) is 3.70. The zero-order valence-corrected chi connectivity index (χ0v) is 14.2. The Morgan fingerprint density at radius 3 is 2.67 bits per heavy atom. The molecule has 0 fully saturated rings. The van der Waals surface area contributed by atoms with Gasteiger partial charge in [-0.25, -0.2) is 18.1 Å². The third-order valence-electron chi connectivity index (χ3n) is 2.64. The van der Waals surface area contributed by atoms with Crippen molar-refractivity contribution in [1.29, 1.82) is 0 Å². The topological polar surface area (TPSA) is 71.1 Å². The summed E-state index contributed by atoms with van der Waals surface area (Å²) in [6.45, 7) is 0.259. The second kappa shape index (κ2) is 6.93. The lowest BCUT2D eigenvalue weighted by molar-refractivity contribution is 0.581. The van der Waals surface area contributed by atoms with E-state index in [0.717, 1.165) is 10.8 Å². The molecule has 0 saturated carbocycles. The van der Waals surface area contributed by atoms with E-state index in [2.05, 4.69) is 15.0 Å². The Balaban J connectivity index is 1.99. The van der Waals surface area contributed by atoms with E-state index in [1.807, 2.05) is 5.38 Å². The maximum Gasteiger partial charge on any atom is 0.240 e. The van der Waals surface area contributed by atoms with E-state index in [-0.39, 0.29) is 16.5 Å². The van der Waals surface area contributed by atoms with Crippen LogP contribution in [0, 0.1) is 0 Å². The number of aromatic nitrogens is 1. The van der Waals surface area contributed by atoms with Crippen LogP contribution < -0.4 is 10.0 Å². The summed E-state index contributed by atoms with van der Waals surface area (Å²) in [6.07, 6.45) is 0.513. The summed E-state index contributed by atoms with van der Waals surface area (Å²) in [6, 6.07) is 4.20. The van der Waals surface area contributed by atoms with E-state index >= 15 is 0 Å². The molecule has 0 atom stereocenters. The van der Waals surface area contributed by atoms with Crippen molar-refractivity contribution < 1.29 is 8.42 Å². The second-order valence-corrected chi connectivity index (χ2v) is 7.56. The molecule has 0 aliphatic carbocycles. The van der Waals surface area contributed by atoms with Gasteiger partial charge in [-0.2, -0.15) is 0 Å². The van der Waals surface area contributed by atoms with Gasteiger partial charge >= 0.3 is 0 Å². The summed E-state index contributed by atoms with van der Waals surface area (Å²) in [4.78, 5) is 4.37. The van der Waals surface area contributed by atoms with Crippen molar-refractivity contribution >= 4 is 49.7 Å². The standard InChI is InChI=1S/C12H13Cl2N3O2S2/c1-15-12-17-8(7-20-12)4-5-16-21(18,19)9-2-3-10(13)11(14)6-9/h2-3,6-7,16H,4-5H2,1H3,(H,15,17). The Hall–Kier alpha value is -0.860. The van der Waals surface area contributed by atoms with E-state index in [4.69, 9.17) is 23.2 Å². The maximum absolute atomic E-state index is 12.1.